The number of ether oxygens (including phenoxy) is 2. The van der Waals surface area contributed by atoms with Crippen LogP contribution in [-0.2, 0) is 23.1 Å². The molecule has 0 aliphatic rings. The first-order valence-corrected chi connectivity index (χ1v) is 17.0. The Hall–Kier alpha value is -0.476. The maximum Gasteiger partial charge on any atom is 0.333 e. The van der Waals surface area contributed by atoms with E-state index in [1.807, 2.05) is 13.0 Å². The maximum atomic E-state index is 12.0. The standard InChI is InChI=1S/C23H48O5Si2/c1-13-26-21(24)19(2)16-20(14-15-27-29(9,10)22(3,4)5)17-25-18-28-30(11,12)23(6,7)8/h16,20H,13-15,17-18H2,1-12H3/b19-16+/t20-/m0/s1. The molecule has 0 amide bonds. The molecule has 0 heterocycles. The van der Waals surface area contributed by atoms with Gasteiger partial charge in [-0.25, -0.2) is 4.79 Å². The van der Waals surface area contributed by atoms with Crippen molar-refractivity contribution < 1.29 is 23.1 Å². The van der Waals surface area contributed by atoms with Crippen molar-refractivity contribution in [3.05, 3.63) is 11.6 Å². The Bertz CT molecular complexity index is 557. The Morgan fingerprint density at radius 3 is 1.90 bits per heavy atom. The van der Waals surface area contributed by atoms with E-state index in [1.165, 1.54) is 0 Å². The molecule has 0 aromatic rings. The van der Waals surface area contributed by atoms with Gasteiger partial charge in [-0.05, 0) is 56.5 Å². The van der Waals surface area contributed by atoms with E-state index >= 15 is 0 Å². The summed E-state index contributed by atoms with van der Waals surface area (Å²) in [5, 5.41) is 0.319. The van der Waals surface area contributed by atoms with Crippen LogP contribution in [0.5, 0.6) is 0 Å². The van der Waals surface area contributed by atoms with E-state index in [4.69, 9.17) is 18.3 Å². The quantitative estimate of drug-likeness (QED) is 0.109. The number of carbonyl (C=O) groups is 1. The number of rotatable bonds is 12. The second-order valence-electron chi connectivity index (χ2n) is 11.1. The van der Waals surface area contributed by atoms with E-state index < -0.39 is 16.6 Å². The molecule has 5 nitrogen and oxygen atoms in total. The minimum atomic E-state index is -1.84. The zero-order valence-electron chi connectivity index (χ0n) is 21.7. The molecule has 0 aromatic heterocycles. The number of esters is 1. The van der Waals surface area contributed by atoms with Crippen molar-refractivity contribution in [2.75, 3.05) is 26.6 Å². The average Bonchev–Trinajstić information content (AvgIpc) is 2.56. The van der Waals surface area contributed by atoms with Gasteiger partial charge in [-0.2, -0.15) is 0 Å². The monoisotopic (exact) mass is 460 g/mol. The van der Waals surface area contributed by atoms with Crippen LogP contribution >= 0.6 is 0 Å². The van der Waals surface area contributed by atoms with E-state index in [-0.39, 0.29) is 28.8 Å². The van der Waals surface area contributed by atoms with E-state index in [2.05, 4.69) is 67.7 Å². The smallest absolute Gasteiger partial charge is 0.333 e. The average molecular weight is 461 g/mol. The van der Waals surface area contributed by atoms with Crippen LogP contribution in [0.15, 0.2) is 11.6 Å². The Balaban J connectivity index is 4.97. The van der Waals surface area contributed by atoms with Gasteiger partial charge in [0.15, 0.2) is 16.6 Å². The second-order valence-corrected chi connectivity index (χ2v) is 20.7. The SMILES string of the molecule is CCOC(=O)/C(C)=C/[C@H](CCO[Si](C)(C)C(C)(C)C)COCO[Si](C)(C)C(C)(C)C. The van der Waals surface area contributed by atoms with Crippen molar-refractivity contribution in [3.8, 4) is 0 Å². The molecule has 0 aliphatic heterocycles. The molecule has 0 spiro atoms. The first-order valence-electron chi connectivity index (χ1n) is 11.2. The summed E-state index contributed by atoms with van der Waals surface area (Å²) in [5.41, 5.74) is 0.614. The van der Waals surface area contributed by atoms with Crippen molar-refractivity contribution in [3.63, 3.8) is 0 Å². The highest BCUT2D eigenvalue weighted by molar-refractivity contribution is 6.74. The first-order chi connectivity index (χ1) is 13.4. The minimum Gasteiger partial charge on any atom is -0.463 e. The predicted molar refractivity (Wildman–Crippen MR) is 131 cm³/mol. The molecule has 7 heteroatoms. The molecular formula is C23H48O5Si2. The maximum absolute atomic E-state index is 12.0. The van der Waals surface area contributed by atoms with Crippen LogP contribution in [0.3, 0.4) is 0 Å². The zero-order chi connectivity index (χ0) is 23.8. The van der Waals surface area contributed by atoms with Gasteiger partial charge in [0.2, 0.25) is 0 Å². The molecule has 0 aromatic carbocycles. The molecule has 0 bridgehead atoms. The molecular weight excluding hydrogens is 412 g/mol. The van der Waals surface area contributed by atoms with Crippen molar-refractivity contribution in [2.24, 2.45) is 5.92 Å². The lowest BCUT2D eigenvalue weighted by Gasteiger charge is -2.36. The lowest BCUT2D eigenvalue weighted by Crippen LogP contribution is -2.41. The Morgan fingerprint density at radius 2 is 1.43 bits per heavy atom. The summed E-state index contributed by atoms with van der Waals surface area (Å²) >= 11 is 0. The van der Waals surface area contributed by atoms with Crippen LogP contribution in [-0.4, -0.2) is 49.2 Å². The molecule has 0 saturated carbocycles. The fourth-order valence-electron chi connectivity index (χ4n) is 2.17. The van der Waals surface area contributed by atoms with E-state index in [0.29, 0.717) is 25.4 Å². The van der Waals surface area contributed by atoms with Crippen LogP contribution in [0.4, 0.5) is 0 Å². The third-order valence-electron chi connectivity index (χ3n) is 6.48. The molecule has 0 rings (SSSR count). The van der Waals surface area contributed by atoms with Gasteiger partial charge in [0.25, 0.3) is 0 Å². The molecule has 0 fully saturated rings. The highest BCUT2D eigenvalue weighted by atomic mass is 28.4. The first kappa shape index (κ1) is 29.5. The van der Waals surface area contributed by atoms with Crippen LogP contribution < -0.4 is 0 Å². The summed E-state index contributed by atoms with van der Waals surface area (Å²) in [5.74, 6) is -0.201. The summed E-state index contributed by atoms with van der Waals surface area (Å²) in [7, 11) is -3.64. The highest BCUT2D eigenvalue weighted by Gasteiger charge is 2.38. The molecule has 0 radical (unpaired) electrons. The van der Waals surface area contributed by atoms with Crippen molar-refractivity contribution >= 4 is 22.6 Å². The predicted octanol–water partition coefficient (Wildman–Crippen LogP) is 6.52. The van der Waals surface area contributed by atoms with Crippen LogP contribution in [0, 0.1) is 5.92 Å². The third-order valence-corrected chi connectivity index (χ3v) is 15.5. The van der Waals surface area contributed by atoms with Crippen molar-refractivity contribution in [1.29, 1.82) is 0 Å². The Labute approximate surface area is 188 Å². The lowest BCUT2D eigenvalue weighted by molar-refractivity contribution is -0.138. The van der Waals surface area contributed by atoms with Gasteiger partial charge < -0.3 is 18.3 Å². The van der Waals surface area contributed by atoms with Gasteiger partial charge in [0.05, 0.1) is 13.2 Å². The van der Waals surface area contributed by atoms with E-state index in [9.17, 15) is 4.79 Å². The zero-order valence-corrected chi connectivity index (χ0v) is 23.7. The minimum absolute atomic E-state index is 0.0715. The lowest BCUT2D eigenvalue weighted by atomic mass is 10.0. The molecule has 178 valence electrons. The normalized spacial score (nSPS) is 15.3. The summed E-state index contributed by atoms with van der Waals surface area (Å²) in [6.45, 7) is 27.7. The van der Waals surface area contributed by atoms with Crippen molar-refractivity contribution in [1.82, 2.24) is 0 Å². The summed E-state index contributed by atoms with van der Waals surface area (Å²) in [4.78, 5) is 12.0. The van der Waals surface area contributed by atoms with Gasteiger partial charge in [-0.1, -0.05) is 47.6 Å². The number of hydrogen-bond donors (Lipinski definition) is 0. The Morgan fingerprint density at radius 1 is 0.933 bits per heavy atom. The van der Waals surface area contributed by atoms with Crippen LogP contribution in [0.2, 0.25) is 36.3 Å². The number of hydrogen-bond acceptors (Lipinski definition) is 5. The highest BCUT2D eigenvalue weighted by Crippen LogP contribution is 2.37. The fraction of sp³-hybridized carbons (Fsp3) is 0.870. The summed E-state index contributed by atoms with van der Waals surface area (Å²) in [6.07, 6.45) is 2.75. The van der Waals surface area contributed by atoms with Crippen LogP contribution in [0.25, 0.3) is 0 Å². The number of carbonyl (C=O) groups excluding carboxylic acids is 1. The summed E-state index contributed by atoms with van der Waals surface area (Å²) in [6, 6.07) is 0. The topological polar surface area (TPSA) is 54.0 Å². The van der Waals surface area contributed by atoms with Crippen LogP contribution in [0.1, 0.15) is 61.8 Å². The molecule has 0 aliphatic carbocycles. The molecule has 30 heavy (non-hydrogen) atoms. The fourth-order valence-corrected chi connectivity index (χ4v) is 4.04. The van der Waals surface area contributed by atoms with E-state index in [1.54, 1.807) is 6.92 Å². The van der Waals surface area contributed by atoms with Gasteiger partial charge in [-0.3, -0.25) is 0 Å². The van der Waals surface area contributed by atoms with Crippen molar-refractivity contribution in [2.45, 2.75) is 98.1 Å². The second kappa shape index (κ2) is 11.9. The van der Waals surface area contributed by atoms with Gasteiger partial charge >= 0.3 is 5.97 Å². The third kappa shape index (κ3) is 10.2. The molecule has 0 saturated heterocycles. The largest absolute Gasteiger partial charge is 0.463 e. The van der Waals surface area contributed by atoms with Gasteiger partial charge in [0, 0.05) is 18.1 Å². The summed E-state index contributed by atoms with van der Waals surface area (Å²) < 4.78 is 23.5. The molecule has 0 N–H and O–H groups in total. The molecule has 1 atom stereocenters. The van der Waals surface area contributed by atoms with Gasteiger partial charge in [-0.15, -0.1) is 0 Å². The van der Waals surface area contributed by atoms with E-state index in [0.717, 1.165) is 6.42 Å². The van der Waals surface area contributed by atoms with Gasteiger partial charge in [0.1, 0.15) is 6.79 Å². The molecule has 0 unspecified atom stereocenters. The Kier molecular flexibility index (Phi) is 11.8.